The van der Waals surface area contributed by atoms with E-state index in [1.165, 1.54) is 0 Å². The standard InChI is InChI=1S/C19H14N4O2/c20-11-12-2-1-3-15(8-12)22-18(24)14-5-4-13-9-17-19(25)21-6-7-23(17)16(13)10-14/h1-5,8-10H,6-7H2,(H,21,25)(H,22,24). The van der Waals surface area contributed by atoms with E-state index < -0.39 is 0 Å². The zero-order chi connectivity index (χ0) is 17.4. The molecule has 0 unspecified atom stereocenters. The Morgan fingerprint density at radius 2 is 2.08 bits per heavy atom. The number of nitrogens with zero attached hydrogens (tertiary/aromatic N) is 2. The number of aromatic nitrogens is 1. The van der Waals surface area contributed by atoms with Gasteiger partial charge < -0.3 is 15.2 Å². The number of anilines is 1. The van der Waals surface area contributed by atoms with Crippen LogP contribution in [0.3, 0.4) is 0 Å². The molecule has 0 fully saturated rings. The summed E-state index contributed by atoms with van der Waals surface area (Å²) in [5.74, 6) is -0.352. The molecule has 2 aromatic carbocycles. The second-order valence-electron chi connectivity index (χ2n) is 5.86. The molecular formula is C19H14N4O2. The van der Waals surface area contributed by atoms with Crippen LogP contribution in [0.4, 0.5) is 5.69 Å². The van der Waals surface area contributed by atoms with Crippen LogP contribution in [-0.4, -0.2) is 22.9 Å². The Bertz CT molecular complexity index is 1060. The van der Waals surface area contributed by atoms with Crippen molar-refractivity contribution in [2.24, 2.45) is 0 Å². The fourth-order valence-electron chi connectivity index (χ4n) is 3.07. The van der Waals surface area contributed by atoms with E-state index in [0.717, 1.165) is 10.9 Å². The summed E-state index contributed by atoms with van der Waals surface area (Å²) < 4.78 is 1.93. The average Bonchev–Trinajstić information content (AvgIpc) is 3.01. The topological polar surface area (TPSA) is 86.9 Å². The number of benzene rings is 2. The summed E-state index contributed by atoms with van der Waals surface area (Å²) >= 11 is 0. The first kappa shape index (κ1) is 15.0. The van der Waals surface area contributed by atoms with Crippen molar-refractivity contribution in [2.45, 2.75) is 6.54 Å². The van der Waals surface area contributed by atoms with E-state index in [2.05, 4.69) is 10.6 Å². The van der Waals surface area contributed by atoms with Gasteiger partial charge in [0.1, 0.15) is 5.69 Å². The third-order valence-corrected chi connectivity index (χ3v) is 4.27. The van der Waals surface area contributed by atoms with Gasteiger partial charge in [-0.2, -0.15) is 5.26 Å². The summed E-state index contributed by atoms with van der Waals surface area (Å²) in [7, 11) is 0. The fraction of sp³-hybridized carbons (Fsp3) is 0.105. The number of nitriles is 1. The van der Waals surface area contributed by atoms with Crippen LogP contribution in [0.2, 0.25) is 0 Å². The van der Waals surface area contributed by atoms with E-state index in [-0.39, 0.29) is 11.8 Å². The van der Waals surface area contributed by atoms with Crippen molar-refractivity contribution < 1.29 is 9.59 Å². The molecular weight excluding hydrogens is 316 g/mol. The first-order valence-electron chi connectivity index (χ1n) is 7.89. The largest absolute Gasteiger partial charge is 0.349 e. The highest BCUT2D eigenvalue weighted by atomic mass is 16.2. The van der Waals surface area contributed by atoms with Crippen molar-refractivity contribution in [2.75, 3.05) is 11.9 Å². The summed E-state index contributed by atoms with van der Waals surface area (Å²) in [5.41, 5.74) is 3.03. The number of hydrogen-bond donors (Lipinski definition) is 2. The molecule has 0 bridgehead atoms. The summed E-state index contributed by atoms with van der Waals surface area (Å²) in [6, 6.07) is 16.0. The molecule has 2 N–H and O–H groups in total. The SMILES string of the molecule is N#Cc1cccc(NC(=O)c2ccc3cc4n(c3c2)CCNC4=O)c1. The van der Waals surface area contributed by atoms with Gasteiger partial charge in [0.25, 0.3) is 11.8 Å². The van der Waals surface area contributed by atoms with Gasteiger partial charge in [0, 0.05) is 35.2 Å². The number of carbonyl (C=O) groups excluding carboxylic acids is 2. The molecule has 0 saturated heterocycles. The highest BCUT2D eigenvalue weighted by molar-refractivity contribution is 6.07. The quantitative estimate of drug-likeness (QED) is 0.757. The van der Waals surface area contributed by atoms with Crippen LogP contribution >= 0.6 is 0 Å². The lowest BCUT2D eigenvalue weighted by Gasteiger charge is -2.16. The Kier molecular flexibility index (Phi) is 3.47. The molecule has 2 amide bonds. The Hall–Kier alpha value is -3.59. The van der Waals surface area contributed by atoms with Crippen molar-refractivity contribution in [3.8, 4) is 6.07 Å². The number of amides is 2. The maximum absolute atomic E-state index is 12.5. The summed E-state index contributed by atoms with van der Waals surface area (Å²) in [6.45, 7) is 1.26. The first-order valence-corrected chi connectivity index (χ1v) is 7.89. The van der Waals surface area contributed by atoms with Gasteiger partial charge in [0.05, 0.1) is 11.6 Å². The molecule has 0 atom stereocenters. The predicted octanol–water partition coefficient (Wildman–Crippen LogP) is 2.51. The van der Waals surface area contributed by atoms with Gasteiger partial charge in [0.2, 0.25) is 0 Å². The average molecular weight is 330 g/mol. The Morgan fingerprint density at radius 3 is 2.92 bits per heavy atom. The molecule has 0 spiro atoms. The molecule has 122 valence electrons. The van der Waals surface area contributed by atoms with Crippen LogP contribution in [0.25, 0.3) is 10.9 Å². The lowest BCUT2D eigenvalue weighted by molar-refractivity contribution is 0.0928. The van der Waals surface area contributed by atoms with E-state index in [4.69, 9.17) is 5.26 Å². The van der Waals surface area contributed by atoms with Crippen LogP contribution < -0.4 is 10.6 Å². The van der Waals surface area contributed by atoms with Gasteiger partial charge in [-0.15, -0.1) is 0 Å². The molecule has 0 aliphatic carbocycles. The van der Waals surface area contributed by atoms with Crippen LogP contribution in [0.15, 0.2) is 48.5 Å². The monoisotopic (exact) mass is 330 g/mol. The molecule has 1 aliphatic heterocycles. The van der Waals surface area contributed by atoms with Gasteiger partial charge >= 0.3 is 0 Å². The second kappa shape index (κ2) is 5.80. The number of fused-ring (bicyclic) bond motifs is 3. The molecule has 4 rings (SSSR count). The third kappa shape index (κ3) is 2.62. The van der Waals surface area contributed by atoms with Crippen molar-refractivity contribution >= 4 is 28.4 Å². The number of rotatable bonds is 2. The minimum Gasteiger partial charge on any atom is -0.349 e. The van der Waals surface area contributed by atoms with Crippen LogP contribution in [0.5, 0.6) is 0 Å². The van der Waals surface area contributed by atoms with Gasteiger partial charge in [-0.3, -0.25) is 9.59 Å². The molecule has 1 aliphatic rings. The predicted molar refractivity (Wildman–Crippen MR) is 93.4 cm³/mol. The highest BCUT2D eigenvalue weighted by Crippen LogP contribution is 2.23. The first-order chi connectivity index (χ1) is 12.2. The van der Waals surface area contributed by atoms with E-state index in [1.807, 2.05) is 22.8 Å². The van der Waals surface area contributed by atoms with E-state index >= 15 is 0 Å². The zero-order valence-electron chi connectivity index (χ0n) is 13.2. The Morgan fingerprint density at radius 1 is 1.20 bits per heavy atom. The van der Waals surface area contributed by atoms with E-state index in [9.17, 15) is 9.59 Å². The zero-order valence-corrected chi connectivity index (χ0v) is 13.2. The van der Waals surface area contributed by atoms with Gasteiger partial charge in [-0.05, 0) is 36.4 Å². The normalized spacial score (nSPS) is 13.0. The number of carbonyl (C=O) groups is 2. The minimum atomic E-state index is -0.257. The third-order valence-electron chi connectivity index (χ3n) is 4.27. The van der Waals surface area contributed by atoms with E-state index in [1.54, 1.807) is 36.4 Å². The van der Waals surface area contributed by atoms with Gasteiger partial charge in [-0.1, -0.05) is 12.1 Å². The summed E-state index contributed by atoms with van der Waals surface area (Å²) in [6.07, 6.45) is 0. The molecule has 0 saturated carbocycles. The van der Waals surface area contributed by atoms with Crippen LogP contribution in [0, 0.1) is 11.3 Å². The maximum atomic E-state index is 12.5. The maximum Gasteiger partial charge on any atom is 0.268 e. The molecule has 6 heteroatoms. The minimum absolute atomic E-state index is 0.0956. The molecule has 0 radical (unpaired) electrons. The lowest BCUT2D eigenvalue weighted by Crippen LogP contribution is -2.34. The Labute approximate surface area is 143 Å². The van der Waals surface area contributed by atoms with Crippen molar-refractivity contribution in [3.63, 3.8) is 0 Å². The van der Waals surface area contributed by atoms with Gasteiger partial charge in [-0.25, -0.2) is 0 Å². The van der Waals surface area contributed by atoms with Crippen molar-refractivity contribution in [3.05, 3.63) is 65.4 Å². The van der Waals surface area contributed by atoms with Crippen molar-refractivity contribution in [1.29, 1.82) is 5.26 Å². The molecule has 6 nitrogen and oxygen atoms in total. The van der Waals surface area contributed by atoms with Gasteiger partial charge in [0.15, 0.2) is 0 Å². The smallest absolute Gasteiger partial charge is 0.268 e. The number of hydrogen-bond acceptors (Lipinski definition) is 3. The summed E-state index contributed by atoms with van der Waals surface area (Å²) in [4.78, 5) is 24.5. The van der Waals surface area contributed by atoms with Crippen LogP contribution in [-0.2, 0) is 6.54 Å². The molecule has 25 heavy (non-hydrogen) atoms. The lowest BCUT2D eigenvalue weighted by atomic mass is 10.1. The molecule has 2 heterocycles. The van der Waals surface area contributed by atoms with E-state index in [0.29, 0.717) is 35.6 Å². The van der Waals surface area contributed by atoms with Crippen molar-refractivity contribution in [1.82, 2.24) is 9.88 Å². The molecule has 1 aromatic heterocycles. The fourth-order valence-corrected chi connectivity index (χ4v) is 3.07. The number of nitrogens with one attached hydrogen (secondary N) is 2. The second-order valence-corrected chi connectivity index (χ2v) is 5.86. The van der Waals surface area contributed by atoms with Crippen LogP contribution in [0.1, 0.15) is 26.4 Å². The molecule has 3 aromatic rings. The summed E-state index contributed by atoms with van der Waals surface area (Å²) in [5, 5.41) is 15.5. The Balaban J connectivity index is 1.68. The highest BCUT2D eigenvalue weighted by Gasteiger charge is 2.20.